The standard InChI is InChI=1S/C9H14N4O3/c1-3-10-5-8(14)12-4-7(2)11-6-9(15)13-16/h3,10-11H,1-2,4-6H2,(H,12,14). The fourth-order valence-electron chi connectivity index (χ4n) is 0.728. The summed E-state index contributed by atoms with van der Waals surface area (Å²) in [4.78, 5) is 31.3. The molecule has 0 unspecified atom stereocenters. The van der Waals surface area contributed by atoms with Crippen LogP contribution in [0, 0.1) is 4.91 Å². The van der Waals surface area contributed by atoms with Gasteiger partial charge in [-0.25, -0.2) is 0 Å². The third-order valence-corrected chi connectivity index (χ3v) is 1.50. The van der Waals surface area contributed by atoms with Crippen LogP contribution in [-0.4, -0.2) is 31.4 Å². The van der Waals surface area contributed by atoms with Crippen LogP contribution >= 0.6 is 0 Å². The lowest BCUT2D eigenvalue weighted by atomic mass is 10.4. The van der Waals surface area contributed by atoms with E-state index in [2.05, 4.69) is 34.3 Å². The molecule has 16 heavy (non-hydrogen) atoms. The third-order valence-electron chi connectivity index (χ3n) is 1.50. The average molecular weight is 226 g/mol. The molecule has 0 spiro atoms. The first-order valence-electron chi connectivity index (χ1n) is 4.49. The van der Waals surface area contributed by atoms with Gasteiger partial charge in [-0.15, -0.1) is 4.91 Å². The molecule has 0 heterocycles. The van der Waals surface area contributed by atoms with E-state index in [-0.39, 0.29) is 25.5 Å². The van der Waals surface area contributed by atoms with Crippen LogP contribution in [0.5, 0.6) is 0 Å². The Morgan fingerprint density at radius 2 is 1.88 bits per heavy atom. The lowest BCUT2D eigenvalue weighted by Gasteiger charge is -2.08. The van der Waals surface area contributed by atoms with Gasteiger partial charge in [0.2, 0.25) is 5.91 Å². The molecule has 0 aliphatic carbocycles. The molecule has 3 N–H and O–H groups in total. The monoisotopic (exact) mass is 226 g/mol. The first kappa shape index (κ1) is 13.8. The van der Waals surface area contributed by atoms with E-state index in [1.54, 1.807) is 0 Å². The summed E-state index contributed by atoms with van der Waals surface area (Å²) in [5.74, 6) is -1.05. The van der Waals surface area contributed by atoms with Crippen molar-refractivity contribution in [1.29, 1.82) is 0 Å². The van der Waals surface area contributed by atoms with Crippen molar-refractivity contribution >= 4 is 11.8 Å². The van der Waals surface area contributed by atoms with Gasteiger partial charge in [0, 0.05) is 10.9 Å². The molecular formula is C9H14N4O3. The minimum Gasteiger partial charge on any atom is -0.383 e. The molecule has 0 rings (SSSR count). The van der Waals surface area contributed by atoms with Crippen molar-refractivity contribution in [2.75, 3.05) is 19.6 Å². The molecule has 0 radical (unpaired) electrons. The minimum atomic E-state index is -0.819. The summed E-state index contributed by atoms with van der Waals surface area (Å²) in [6, 6.07) is 0. The van der Waals surface area contributed by atoms with Crippen LogP contribution in [0.4, 0.5) is 0 Å². The molecule has 0 bridgehead atoms. The van der Waals surface area contributed by atoms with Gasteiger partial charge < -0.3 is 16.0 Å². The van der Waals surface area contributed by atoms with Crippen molar-refractivity contribution in [1.82, 2.24) is 16.0 Å². The Labute approximate surface area is 92.9 Å². The second-order valence-corrected chi connectivity index (χ2v) is 2.80. The lowest BCUT2D eigenvalue weighted by Crippen LogP contribution is -2.35. The molecule has 0 aromatic carbocycles. The van der Waals surface area contributed by atoms with Gasteiger partial charge in [-0.05, 0) is 6.20 Å². The Balaban J connectivity index is 3.64. The van der Waals surface area contributed by atoms with Crippen molar-refractivity contribution in [2.24, 2.45) is 5.18 Å². The summed E-state index contributed by atoms with van der Waals surface area (Å²) in [5, 5.41) is 9.90. The predicted molar refractivity (Wildman–Crippen MR) is 59.2 cm³/mol. The minimum absolute atomic E-state index is 0.117. The number of amides is 2. The number of nitrogens with zero attached hydrogens (tertiary/aromatic N) is 1. The number of hydrogen-bond donors (Lipinski definition) is 3. The first-order chi connectivity index (χ1) is 7.60. The molecule has 0 saturated heterocycles. The average Bonchev–Trinajstić information content (AvgIpc) is 2.30. The summed E-state index contributed by atoms with van der Waals surface area (Å²) in [6.45, 7) is 7.01. The molecule has 0 fully saturated rings. The zero-order valence-corrected chi connectivity index (χ0v) is 8.78. The van der Waals surface area contributed by atoms with Crippen LogP contribution in [0.15, 0.2) is 30.2 Å². The molecule has 0 saturated carbocycles. The Morgan fingerprint density at radius 3 is 2.44 bits per heavy atom. The van der Waals surface area contributed by atoms with E-state index in [0.717, 1.165) is 0 Å². The highest BCUT2D eigenvalue weighted by Crippen LogP contribution is 1.81. The second kappa shape index (κ2) is 8.16. The molecular weight excluding hydrogens is 212 g/mol. The Kier molecular flexibility index (Phi) is 7.04. The van der Waals surface area contributed by atoms with E-state index >= 15 is 0 Å². The molecule has 0 aliphatic heterocycles. The fourth-order valence-corrected chi connectivity index (χ4v) is 0.728. The number of carbonyl (C=O) groups is 2. The van der Waals surface area contributed by atoms with Gasteiger partial charge in [0.1, 0.15) is 0 Å². The van der Waals surface area contributed by atoms with Crippen molar-refractivity contribution in [3.8, 4) is 0 Å². The largest absolute Gasteiger partial charge is 0.383 e. The quantitative estimate of drug-likeness (QED) is 0.472. The van der Waals surface area contributed by atoms with Gasteiger partial charge in [0.15, 0.2) is 0 Å². The fraction of sp³-hybridized carbons (Fsp3) is 0.333. The molecule has 0 aromatic rings. The number of hydrogen-bond acceptors (Lipinski definition) is 5. The second-order valence-electron chi connectivity index (χ2n) is 2.80. The molecule has 0 atom stereocenters. The first-order valence-corrected chi connectivity index (χ1v) is 4.49. The van der Waals surface area contributed by atoms with Crippen molar-refractivity contribution in [2.45, 2.75) is 0 Å². The Morgan fingerprint density at radius 1 is 1.19 bits per heavy atom. The molecule has 7 nitrogen and oxygen atoms in total. The number of nitrogens with one attached hydrogen (secondary N) is 3. The highest BCUT2D eigenvalue weighted by Gasteiger charge is 2.02. The lowest BCUT2D eigenvalue weighted by molar-refractivity contribution is -0.120. The Bertz CT molecular complexity index is 301. The summed E-state index contributed by atoms with van der Waals surface area (Å²) in [7, 11) is 0. The van der Waals surface area contributed by atoms with Gasteiger partial charge in [-0.1, -0.05) is 13.2 Å². The van der Waals surface area contributed by atoms with E-state index in [9.17, 15) is 14.5 Å². The molecule has 0 aliphatic rings. The van der Waals surface area contributed by atoms with Crippen LogP contribution in [0.2, 0.25) is 0 Å². The zero-order chi connectivity index (χ0) is 12.4. The van der Waals surface area contributed by atoms with Gasteiger partial charge >= 0.3 is 5.91 Å². The maximum absolute atomic E-state index is 11.1. The molecule has 7 heteroatoms. The summed E-state index contributed by atoms with van der Waals surface area (Å²) in [5.41, 5.74) is 0.420. The van der Waals surface area contributed by atoms with E-state index in [1.165, 1.54) is 6.20 Å². The third kappa shape index (κ3) is 7.25. The zero-order valence-electron chi connectivity index (χ0n) is 8.78. The molecule has 2 amide bonds. The predicted octanol–water partition coefficient (Wildman–Crippen LogP) is -0.768. The van der Waals surface area contributed by atoms with E-state index in [4.69, 9.17) is 0 Å². The van der Waals surface area contributed by atoms with Gasteiger partial charge in [0.25, 0.3) is 0 Å². The van der Waals surface area contributed by atoms with Crippen LogP contribution in [0.3, 0.4) is 0 Å². The van der Waals surface area contributed by atoms with Crippen LogP contribution < -0.4 is 16.0 Å². The number of nitroso groups, excluding NO2 is 1. The highest BCUT2D eigenvalue weighted by atomic mass is 16.3. The van der Waals surface area contributed by atoms with Gasteiger partial charge in [-0.2, -0.15) is 0 Å². The smallest absolute Gasteiger partial charge is 0.305 e. The van der Waals surface area contributed by atoms with Crippen molar-refractivity contribution in [3.05, 3.63) is 30.0 Å². The molecule has 0 aromatic heterocycles. The van der Waals surface area contributed by atoms with Gasteiger partial charge in [0.05, 0.1) is 19.6 Å². The normalized spacial score (nSPS) is 8.75. The number of carbonyl (C=O) groups excluding carboxylic acids is 2. The van der Waals surface area contributed by atoms with Crippen LogP contribution in [-0.2, 0) is 9.59 Å². The topological polar surface area (TPSA) is 99.7 Å². The van der Waals surface area contributed by atoms with E-state index in [0.29, 0.717) is 5.70 Å². The summed E-state index contributed by atoms with van der Waals surface area (Å²) < 4.78 is 0. The summed E-state index contributed by atoms with van der Waals surface area (Å²) >= 11 is 0. The van der Waals surface area contributed by atoms with E-state index < -0.39 is 5.91 Å². The highest BCUT2D eigenvalue weighted by molar-refractivity contribution is 5.79. The summed E-state index contributed by atoms with van der Waals surface area (Å²) in [6.07, 6.45) is 1.40. The Hall–Kier alpha value is -2.18. The van der Waals surface area contributed by atoms with Crippen molar-refractivity contribution in [3.63, 3.8) is 0 Å². The maximum atomic E-state index is 11.1. The van der Waals surface area contributed by atoms with Gasteiger partial charge in [-0.3, -0.25) is 9.59 Å². The van der Waals surface area contributed by atoms with Crippen LogP contribution in [0.1, 0.15) is 0 Å². The van der Waals surface area contributed by atoms with Crippen molar-refractivity contribution < 1.29 is 9.59 Å². The maximum Gasteiger partial charge on any atom is 0.305 e. The number of rotatable bonds is 8. The SMILES string of the molecule is C=CNCC(=O)NCC(=C)NCC(=O)N=O. The van der Waals surface area contributed by atoms with Crippen LogP contribution in [0.25, 0.3) is 0 Å². The molecule has 88 valence electrons. The van der Waals surface area contributed by atoms with E-state index in [1.807, 2.05) is 0 Å².